The average Bonchev–Trinajstić information content (AvgIpc) is 3.60. The Hall–Kier alpha value is -5.70. The van der Waals surface area contributed by atoms with E-state index in [2.05, 4.69) is 9.98 Å². The zero-order valence-corrected chi connectivity index (χ0v) is 28.2. The number of carbonyl (C=O) groups excluding carboxylic acids is 1. The van der Waals surface area contributed by atoms with Crippen LogP contribution < -0.4 is 18.9 Å². The maximum atomic E-state index is 16.1. The molecule has 0 saturated heterocycles. The largest absolute Gasteiger partial charge is 0.487 e. The number of hydrogen-bond donors (Lipinski definition) is 0. The molecular weight excluding hydrogens is 658 g/mol. The third-order valence-corrected chi connectivity index (χ3v) is 9.82. The van der Waals surface area contributed by atoms with E-state index >= 15 is 8.78 Å². The van der Waals surface area contributed by atoms with Gasteiger partial charge in [-0.05, 0) is 67.5 Å². The molecule has 3 saturated carbocycles. The Kier molecular flexibility index (Phi) is 9.45. The van der Waals surface area contributed by atoms with Crippen LogP contribution in [0.5, 0.6) is 34.6 Å². The maximum absolute atomic E-state index is 16.1. The van der Waals surface area contributed by atoms with E-state index in [0.29, 0.717) is 42.6 Å². The Bertz CT molecular complexity index is 2010. The number of ether oxygens (including phenoxy) is 5. The van der Waals surface area contributed by atoms with E-state index in [1.165, 1.54) is 13.2 Å². The Morgan fingerprint density at radius 2 is 1.80 bits per heavy atom. The molecule has 262 valence electrons. The van der Waals surface area contributed by atoms with Gasteiger partial charge in [0.25, 0.3) is 5.88 Å². The van der Waals surface area contributed by atoms with Gasteiger partial charge in [-0.15, -0.1) is 0 Å². The van der Waals surface area contributed by atoms with Crippen molar-refractivity contribution in [2.24, 2.45) is 16.8 Å². The number of nitrogens with zero attached hydrogens (tertiary/aromatic N) is 4. The lowest BCUT2D eigenvalue weighted by molar-refractivity contribution is -0.158. The van der Waals surface area contributed by atoms with Crippen molar-refractivity contribution in [3.05, 3.63) is 101 Å². The van der Waals surface area contributed by atoms with Gasteiger partial charge in [0.05, 0.1) is 43.0 Å². The van der Waals surface area contributed by atoms with Crippen molar-refractivity contribution in [2.75, 3.05) is 27.2 Å². The first-order chi connectivity index (χ1) is 24.8. The van der Waals surface area contributed by atoms with E-state index < -0.39 is 28.9 Å². The number of nitriles is 1. The summed E-state index contributed by atoms with van der Waals surface area (Å²) in [6.07, 6.45) is 4.73. The summed E-state index contributed by atoms with van der Waals surface area (Å²) in [5.74, 6) is -2.18. The summed E-state index contributed by atoms with van der Waals surface area (Å²) in [5.41, 5.74) is 1.08. The van der Waals surface area contributed by atoms with Crippen molar-refractivity contribution in [1.82, 2.24) is 9.88 Å². The predicted octanol–water partition coefficient (Wildman–Crippen LogP) is 7.59. The molecule has 1 unspecified atom stereocenters. The van der Waals surface area contributed by atoms with Crippen molar-refractivity contribution in [2.45, 2.75) is 44.3 Å². The minimum atomic E-state index is -1.19. The van der Waals surface area contributed by atoms with E-state index in [0.717, 1.165) is 37.4 Å². The molecule has 2 heterocycles. The van der Waals surface area contributed by atoms with Crippen LogP contribution in [0.1, 0.15) is 48.8 Å². The molecule has 0 spiro atoms. The molecule has 12 heteroatoms. The van der Waals surface area contributed by atoms with Crippen LogP contribution in [0.2, 0.25) is 0 Å². The van der Waals surface area contributed by atoms with Crippen LogP contribution in [0.4, 0.5) is 8.78 Å². The monoisotopic (exact) mass is 694 g/mol. The fraction of sp³-hybridized carbons (Fsp3) is 0.333. The van der Waals surface area contributed by atoms with Crippen LogP contribution in [0.15, 0.2) is 77.9 Å². The van der Waals surface area contributed by atoms with Gasteiger partial charge < -0.3 is 28.6 Å². The smallest absolute Gasteiger partial charge is 0.309 e. The van der Waals surface area contributed by atoms with Crippen LogP contribution in [0.3, 0.4) is 0 Å². The first-order valence-electron chi connectivity index (χ1n) is 16.8. The van der Waals surface area contributed by atoms with E-state index in [1.807, 2.05) is 48.3 Å². The molecule has 4 aromatic rings. The summed E-state index contributed by atoms with van der Waals surface area (Å²) in [7, 11) is 3.29. The standard InChI is InChI=1S/C39H36F2N4O6/c1-45-17-16-43-36(45)28-19-27(51-39-14-12-26(13-15-39)29(20-39)38(46)47-2)9-11-31(28)49-35-30(40)22-44-37(34(35)41)50-33-18-25(21-42)8-10-32(33)48-23-24-6-4-3-5-7-24/h3-11,18-19,22,26,29H,12-17,20,23H2,1-2H3. The lowest BCUT2D eigenvalue weighted by Crippen LogP contribution is -2.51. The molecule has 1 aliphatic heterocycles. The van der Waals surface area contributed by atoms with Crippen molar-refractivity contribution < 1.29 is 37.3 Å². The molecule has 3 aromatic carbocycles. The summed E-state index contributed by atoms with van der Waals surface area (Å²) in [6.45, 7) is 1.37. The maximum Gasteiger partial charge on any atom is 0.309 e. The Labute approximate surface area is 294 Å². The Balaban J connectivity index is 1.17. The minimum Gasteiger partial charge on any atom is -0.487 e. The molecule has 2 bridgehead atoms. The number of benzene rings is 3. The number of rotatable bonds is 11. The van der Waals surface area contributed by atoms with Gasteiger partial charge in [0, 0.05) is 26.1 Å². The predicted molar refractivity (Wildman–Crippen MR) is 182 cm³/mol. The van der Waals surface area contributed by atoms with Crippen molar-refractivity contribution in [3.63, 3.8) is 0 Å². The molecule has 0 amide bonds. The van der Waals surface area contributed by atoms with Crippen LogP contribution in [-0.4, -0.2) is 54.5 Å². The van der Waals surface area contributed by atoms with E-state index in [1.54, 1.807) is 30.3 Å². The average molecular weight is 695 g/mol. The Morgan fingerprint density at radius 3 is 2.53 bits per heavy atom. The number of aromatic nitrogens is 1. The molecule has 10 nitrogen and oxygen atoms in total. The second kappa shape index (κ2) is 14.3. The molecule has 8 rings (SSSR count). The van der Waals surface area contributed by atoms with Gasteiger partial charge in [0.15, 0.2) is 17.3 Å². The number of hydrogen-bond acceptors (Lipinski definition) is 10. The van der Waals surface area contributed by atoms with Gasteiger partial charge in [-0.3, -0.25) is 9.79 Å². The number of pyridine rings is 1. The third-order valence-electron chi connectivity index (χ3n) is 9.82. The zero-order chi connectivity index (χ0) is 35.5. The number of methoxy groups -OCH3 is 1. The summed E-state index contributed by atoms with van der Waals surface area (Å²) < 4.78 is 60.9. The number of amidine groups is 1. The number of likely N-dealkylation sites (N-methyl/N-ethyl adjacent to an activating group) is 1. The van der Waals surface area contributed by atoms with Crippen molar-refractivity contribution >= 4 is 11.8 Å². The fourth-order valence-electron chi connectivity index (χ4n) is 7.14. The first kappa shape index (κ1) is 33.8. The fourth-order valence-corrected chi connectivity index (χ4v) is 7.14. The molecule has 0 N–H and O–H groups in total. The highest BCUT2D eigenvalue weighted by Crippen LogP contribution is 2.50. The van der Waals surface area contributed by atoms with Gasteiger partial charge in [-0.2, -0.15) is 9.65 Å². The molecule has 3 aliphatic carbocycles. The van der Waals surface area contributed by atoms with Crippen LogP contribution >= 0.6 is 0 Å². The molecular formula is C39H36F2N4O6. The lowest BCUT2D eigenvalue weighted by atomic mass is 9.62. The molecule has 1 atom stereocenters. The van der Waals surface area contributed by atoms with Gasteiger partial charge in [0.2, 0.25) is 11.6 Å². The second-order valence-corrected chi connectivity index (χ2v) is 13.0. The SMILES string of the molecule is COC(=O)C1CC2(Oc3ccc(Oc4c(F)cnc(Oc5cc(C#N)ccc5OCc5ccccc5)c4F)c(C4=NCCN4C)c3)CCC1CC2. The number of halogens is 2. The van der Waals surface area contributed by atoms with E-state index in [9.17, 15) is 10.1 Å². The molecule has 3 fully saturated rings. The Morgan fingerprint density at radius 1 is 1.02 bits per heavy atom. The van der Waals surface area contributed by atoms with Crippen LogP contribution in [0, 0.1) is 34.8 Å². The zero-order valence-electron chi connectivity index (χ0n) is 28.2. The minimum absolute atomic E-state index is 0.0172. The molecule has 0 radical (unpaired) electrons. The molecule has 51 heavy (non-hydrogen) atoms. The normalized spacial score (nSPS) is 20.7. The number of esters is 1. The van der Waals surface area contributed by atoms with Crippen molar-refractivity contribution in [1.29, 1.82) is 5.26 Å². The van der Waals surface area contributed by atoms with Crippen molar-refractivity contribution in [3.8, 4) is 40.7 Å². The molecule has 4 aliphatic rings. The number of carbonyl (C=O) groups is 1. The van der Waals surface area contributed by atoms with Gasteiger partial charge in [-0.1, -0.05) is 30.3 Å². The topological polar surface area (TPSA) is 116 Å². The highest BCUT2D eigenvalue weighted by Gasteiger charge is 2.50. The van der Waals surface area contributed by atoms with Crippen LogP contribution in [0.25, 0.3) is 0 Å². The van der Waals surface area contributed by atoms with E-state index in [-0.39, 0.29) is 41.3 Å². The van der Waals surface area contributed by atoms with E-state index in [4.69, 9.17) is 23.7 Å². The highest BCUT2D eigenvalue weighted by atomic mass is 19.1. The van der Waals surface area contributed by atoms with Gasteiger partial charge in [0.1, 0.15) is 29.5 Å². The summed E-state index contributed by atoms with van der Waals surface area (Å²) >= 11 is 0. The summed E-state index contributed by atoms with van der Waals surface area (Å²) in [5, 5.41) is 9.50. The second-order valence-electron chi connectivity index (χ2n) is 13.0. The third kappa shape index (κ3) is 7.01. The summed E-state index contributed by atoms with van der Waals surface area (Å²) in [4.78, 5) is 22.9. The van der Waals surface area contributed by atoms with Gasteiger partial charge in [-0.25, -0.2) is 9.37 Å². The number of aliphatic imine (C=N–C) groups is 1. The summed E-state index contributed by atoms with van der Waals surface area (Å²) in [6, 6.07) is 20.9. The lowest BCUT2D eigenvalue weighted by Gasteiger charge is -2.49. The van der Waals surface area contributed by atoms with Crippen LogP contribution in [-0.2, 0) is 16.1 Å². The quantitative estimate of drug-likeness (QED) is 0.147. The number of fused-ring (bicyclic) bond motifs is 3. The first-order valence-corrected chi connectivity index (χ1v) is 16.8. The highest BCUT2D eigenvalue weighted by molar-refractivity contribution is 6.02. The van der Waals surface area contributed by atoms with Gasteiger partial charge >= 0.3 is 5.97 Å². The molecule has 1 aromatic heterocycles.